The van der Waals surface area contributed by atoms with E-state index in [2.05, 4.69) is 19.5 Å². The first-order valence-electron chi connectivity index (χ1n) is 5.21. The van der Waals surface area contributed by atoms with E-state index >= 15 is 0 Å². The van der Waals surface area contributed by atoms with Gasteiger partial charge in [-0.2, -0.15) is 0 Å². The van der Waals surface area contributed by atoms with Crippen LogP contribution in [0.3, 0.4) is 0 Å². The Hall–Kier alpha value is -0.680. The third kappa shape index (κ3) is 6.74. The first-order valence-corrected chi connectivity index (χ1v) is 5.21. The van der Waals surface area contributed by atoms with Gasteiger partial charge in [-0.3, -0.25) is 4.79 Å². The zero-order valence-electron chi connectivity index (χ0n) is 9.98. The standard InChI is InChI=1S/C9H18NO3.B2O/c1-10(4-3-9(11)12-2)5-7-13-8-6-10;1-2-3/h3-8H2,1-2H3;/q+1;. The Balaban J connectivity index is 0.000000673. The van der Waals surface area contributed by atoms with E-state index < -0.39 is 0 Å². The molecule has 1 fully saturated rings. The van der Waals surface area contributed by atoms with Crippen molar-refractivity contribution in [3.63, 3.8) is 0 Å². The van der Waals surface area contributed by atoms with E-state index in [-0.39, 0.29) is 13.0 Å². The van der Waals surface area contributed by atoms with Gasteiger partial charge in [-0.25, -0.2) is 0 Å². The molecule has 88 valence electrons. The van der Waals surface area contributed by atoms with E-state index in [4.69, 9.17) is 9.44 Å². The molecule has 0 saturated carbocycles. The van der Waals surface area contributed by atoms with Crippen LogP contribution < -0.4 is 0 Å². The molecule has 1 rings (SSSR count). The second kappa shape index (κ2) is 8.47. The third-order valence-corrected chi connectivity index (χ3v) is 2.63. The fourth-order valence-corrected chi connectivity index (χ4v) is 1.47. The summed E-state index contributed by atoms with van der Waals surface area (Å²) in [5.41, 5.74) is 0. The number of likely N-dealkylation sites (N-methyl/N-ethyl adjacent to an activating group) is 1. The maximum absolute atomic E-state index is 10.9. The molecule has 0 atom stereocenters. The summed E-state index contributed by atoms with van der Waals surface area (Å²) in [5.74, 6) is -0.120. The van der Waals surface area contributed by atoms with Crippen LogP contribution in [-0.2, 0) is 19.0 Å². The summed E-state index contributed by atoms with van der Waals surface area (Å²) in [5, 5.41) is 0. The van der Waals surface area contributed by atoms with Crippen molar-refractivity contribution in [3.8, 4) is 0 Å². The molecule has 1 aliphatic rings. The summed E-state index contributed by atoms with van der Waals surface area (Å²) < 4.78 is 19.4. The van der Waals surface area contributed by atoms with Crippen LogP contribution >= 0.6 is 0 Å². The van der Waals surface area contributed by atoms with E-state index in [1.54, 1.807) is 0 Å². The Morgan fingerprint density at radius 3 is 2.44 bits per heavy atom. The van der Waals surface area contributed by atoms with Gasteiger partial charge in [-0.15, -0.1) is 0 Å². The van der Waals surface area contributed by atoms with Gasteiger partial charge in [-0.05, 0) is 0 Å². The Labute approximate surface area is 98.3 Å². The van der Waals surface area contributed by atoms with Crippen molar-refractivity contribution in [3.05, 3.63) is 0 Å². The van der Waals surface area contributed by atoms with Crippen molar-refractivity contribution in [2.45, 2.75) is 6.42 Å². The first kappa shape index (κ1) is 15.3. The monoisotopic (exact) mass is 226 g/mol. The average molecular weight is 226 g/mol. The molecule has 2 radical (unpaired) electrons. The van der Waals surface area contributed by atoms with Crippen LogP contribution in [0.1, 0.15) is 6.42 Å². The Morgan fingerprint density at radius 1 is 1.50 bits per heavy atom. The van der Waals surface area contributed by atoms with E-state index in [0.717, 1.165) is 37.3 Å². The fraction of sp³-hybridized carbons (Fsp3) is 0.889. The predicted octanol–water partition coefficient (Wildman–Crippen LogP) is -0.854. The molecule has 0 aromatic rings. The summed E-state index contributed by atoms with van der Waals surface area (Å²) in [6, 6.07) is 0. The van der Waals surface area contributed by atoms with Gasteiger partial charge in [0.2, 0.25) is 0 Å². The zero-order chi connectivity index (χ0) is 12.4. The molecule has 7 heteroatoms. The molecule has 0 amide bonds. The van der Waals surface area contributed by atoms with Crippen molar-refractivity contribution in [1.82, 2.24) is 0 Å². The quantitative estimate of drug-likeness (QED) is 0.357. The Kier molecular flexibility index (Phi) is 8.11. The number of quaternary nitrogens is 1. The molecule has 0 bridgehead atoms. The van der Waals surface area contributed by atoms with Crippen LogP contribution in [0, 0.1) is 0 Å². The third-order valence-electron chi connectivity index (χ3n) is 2.63. The summed E-state index contributed by atoms with van der Waals surface area (Å²) in [6.07, 6.45) is 0.507. The number of morpholine rings is 1. The molecule has 1 heterocycles. The van der Waals surface area contributed by atoms with Gasteiger partial charge in [0.25, 0.3) is 0 Å². The number of hydrogen-bond donors (Lipinski definition) is 0. The molecule has 1 saturated heterocycles. The van der Waals surface area contributed by atoms with Gasteiger partial charge < -0.3 is 14.0 Å². The molecule has 0 aromatic heterocycles. The summed E-state index contributed by atoms with van der Waals surface area (Å²) in [4.78, 5) is 10.9. The minimum atomic E-state index is -0.120. The Bertz CT molecular complexity index is 220. The molecule has 0 N–H and O–H groups in total. The Morgan fingerprint density at radius 2 is 2.00 bits per heavy atom. The van der Waals surface area contributed by atoms with Gasteiger partial charge in [-0.1, -0.05) is 0 Å². The van der Waals surface area contributed by atoms with Gasteiger partial charge in [0, 0.05) is 0 Å². The molecule has 5 nitrogen and oxygen atoms in total. The maximum atomic E-state index is 10.9. The topological polar surface area (TPSA) is 52.6 Å². The van der Waals surface area contributed by atoms with Crippen molar-refractivity contribution in [2.24, 2.45) is 0 Å². The molecule has 0 unspecified atom stereocenters. The van der Waals surface area contributed by atoms with Gasteiger partial charge in [0.1, 0.15) is 13.1 Å². The number of esters is 1. The van der Waals surface area contributed by atoms with Crippen molar-refractivity contribution < 1.29 is 23.5 Å². The fourth-order valence-electron chi connectivity index (χ4n) is 1.47. The van der Waals surface area contributed by atoms with Crippen molar-refractivity contribution in [1.29, 1.82) is 0 Å². The normalized spacial score (nSPS) is 17.6. The van der Waals surface area contributed by atoms with Crippen LogP contribution in [0.2, 0.25) is 0 Å². The number of carbonyl (C=O) groups excluding carboxylic acids is 1. The molecule has 0 spiro atoms. The summed E-state index contributed by atoms with van der Waals surface area (Å²) >= 11 is 0. The van der Waals surface area contributed by atoms with Crippen LogP contribution in [0.15, 0.2) is 0 Å². The van der Waals surface area contributed by atoms with E-state index in [1.165, 1.54) is 7.11 Å². The molecule has 0 aliphatic carbocycles. The molecule has 1 aliphatic heterocycles. The van der Waals surface area contributed by atoms with Crippen LogP contribution in [0.4, 0.5) is 0 Å². The van der Waals surface area contributed by atoms with Crippen LogP contribution in [-0.4, -0.2) is 72.2 Å². The van der Waals surface area contributed by atoms with Gasteiger partial charge in [0.05, 0.1) is 40.3 Å². The number of carbonyl (C=O) groups is 1. The number of ether oxygens (including phenoxy) is 2. The molecular weight excluding hydrogens is 208 g/mol. The molecular formula is C9H18B2NO4+. The van der Waals surface area contributed by atoms with E-state index in [0.29, 0.717) is 6.42 Å². The van der Waals surface area contributed by atoms with Crippen molar-refractivity contribution >= 4 is 20.7 Å². The summed E-state index contributed by atoms with van der Waals surface area (Å²) in [6.45, 7) is 4.46. The second-order valence-corrected chi connectivity index (χ2v) is 3.86. The summed E-state index contributed by atoms with van der Waals surface area (Å²) in [7, 11) is 8.01. The zero-order valence-corrected chi connectivity index (χ0v) is 9.98. The second-order valence-electron chi connectivity index (χ2n) is 3.86. The minimum absolute atomic E-state index is 0.120. The SMILES string of the molecule is COC(=O)CC[N+]1(C)CCOCC1.[B]B=O. The van der Waals surface area contributed by atoms with E-state index in [9.17, 15) is 4.79 Å². The number of nitrogens with zero attached hydrogens (tertiary/aromatic N) is 1. The number of methoxy groups -OCH3 is 1. The first-order chi connectivity index (χ1) is 7.58. The van der Waals surface area contributed by atoms with Crippen LogP contribution in [0.25, 0.3) is 0 Å². The average Bonchev–Trinajstić information content (AvgIpc) is 2.28. The van der Waals surface area contributed by atoms with E-state index in [1.807, 2.05) is 0 Å². The van der Waals surface area contributed by atoms with Crippen molar-refractivity contribution in [2.75, 3.05) is 47.0 Å². The molecule has 0 aromatic carbocycles. The number of rotatable bonds is 3. The molecule has 16 heavy (non-hydrogen) atoms. The van der Waals surface area contributed by atoms with Gasteiger partial charge >= 0.3 is 25.5 Å². The number of hydrogen-bond acceptors (Lipinski definition) is 4. The van der Waals surface area contributed by atoms with Gasteiger partial charge in [0.15, 0.2) is 0 Å². The van der Waals surface area contributed by atoms with Crippen LogP contribution in [0.5, 0.6) is 0 Å². The predicted molar refractivity (Wildman–Crippen MR) is 60.4 cm³/mol.